The molecule has 0 aromatic heterocycles. The maximum absolute atomic E-state index is 11.3. The Morgan fingerprint density at radius 3 is 1.90 bits per heavy atom. The molecular weight excluding hydrogens is 354 g/mol. The Morgan fingerprint density at radius 1 is 0.905 bits per heavy atom. The molecule has 110 valence electrons. The van der Waals surface area contributed by atoms with Gasteiger partial charge in [0.15, 0.2) is 0 Å². The molecule has 0 amide bonds. The van der Waals surface area contributed by atoms with Crippen LogP contribution >= 0.6 is 46.4 Å². The monoisotopic (exact) mass is 362 g/mol. The van der Waals surface area contributed by atoms with Gasteiger partial charge in [0, 0.05) is 5.56 Å². The van der Waals surface area contributed by atoms with Gasteiger partial charge in [0.05, 0.1) is 25.7 Å². The number of benzene rings is 2. The average Bonchev–Trinajstić information content (AvgIpc) is 2.38. The van der Waals surface area contributed by atoms with Crippen molar-refractivity contribution in [3.63, 3.8) is 0 Å². The molecule has 0 aliphatic rings. The molecule has 0 unspecified atom stereocenters. The quantitative estimate of drug-likeness (QED) is 0.637. The average molecular weight is 364 g/mol. The van der Waals surface area contributed by atoms with Crippen molar-refractivity contribution < 1.29 is 9.90 Å². The first-order chi connectivity index (χ1) is 9.73. The van der Waals surface area contributed by atoms with Crippen molar-refractivity contribution >= 4 is 52.4 Å². The smallest absolute Gasteiger partial charge is 0.335 e. The topological polar surface area (TPSA) is 37.3 Å². The summed E-state index contributed by atoms with van der Waals surface area (Å²) in [7, 11) is 0. The Morgan fingerprint density at radius 2 is 1.43 bits per heavy atom. The number of carbonyl (C=O) groups is 1. The third kappa shape index (κ3) is 3.00. The van der Waals surface area contributed by atoms with Crippen LogP contribution in [0.4, 0.5) is 0 Å². The van der Waals surface area contributed by atoms with Crippen molar-refractivity contribution in [2.45, 2.75) is 13.8 Å². The van der Waals surface area contributed by atoms with Gasteiger partial charge in [0.25, 0.3) is 0 Å². The number of aromatic carboxylic acids is 1. The number of carboxylic acid groups (broad SMARTS) is 1. The van der Waals surface area contributed by atoms with Crippen LogP contribution < -0.4 is 0 Å². The van der Waals surface area contributed by atoms with Gasteiger partial charge in [-0.1, -0.05) is 52.5 Å². The zero-order valence-electron chi connectivity index (χ0n) is 11.1. The fourth-order valence-corrected chi connectivity index (χ4v) is 3.17. The molecule has 0 saturated heterocycles. The number of aryl methyl sites for hydroxylation is 2. The molecule has 0 aliphatic carbocycles. The Bertz CT molecular complexity index is 728. The summed E-state index contributed by atoms with van der Waals surface area (Å²) < 4.78 is 0. The Kier molecular flexibility index (Phi) is 4.74. The highest BCUT2D eigenvalue weighted by atomic mass is 35.5. The lowest BCUT2D eigenvalue weighted by atomic mass is 9.95. The van der Waals surface area contributed by atoms with Gasteiger partial charge in [-0.3, -0.25) is 0 Å². The van der Waals surface area contributed by atoms with E-state index in [4.69, 9.17) is 46.4 Å². The molecule has 21 heavy (non-hydrogen) atoms. The summed E-state index contributed by atoms with van der Waals surface area (Å²) in [6, 6.07) is 4.76. The lowest BCUT2D eigenvalue weighted by molar-refractivity contribution is 0.0696. The molecule has 2 aromatic rings. The molecule has 0 spiro atoms. The molecule has 0 radical (unpaired) electrons. The third-order valence-electron chi connectivity index (χ3n) is 3.18. The standard InChI is InChI=1S/C15H10Cl4O2/c1-6-3-7(2)9(15(20)21)4-8(6)12-13(18)10(16)5-11(17)14(12)19/h3-5H,1-2H3,(H,20,21). The second-order valence-corrected chi connectivity index (χ2v) is 6.20. The SMILES string of the molecule is Cc1cc(C)c(-c2c(Cl)c(Cl)cc(Cl)c2Cl)cc1C(=O)O. The highest BCUT2D eigenvalue weighted by molar-refractivity contribution is 6.50. The summed E-state index contributed by atoms with van der Waals surface area (Å²) >= 11 is 24.5. The molecular formula is C15H10Cl4O2. The first-order valence-corrected chi connectivity index (χ1v) is 7.43. The molecule has 2 rings (SSSR count). The van der Waals surface area contributed by atoms with E-state index in [0.717, 1.165) is 5.56 Å². The summed E-state index contributed by atoms with van der Waals surface area (Å²) in [6.07, 6.45) is 0. The lowest BCUT2D eigenvalue weighted by Crippen LogP contribution is -2.01. The van der Waals surface area contributed by atoms with E-state index >= 15 is 0 Å². The van der Waals surface area contributed by atoms with Crippen LogP contribution in [0.3, 0.4) is 0 Å². The molecule has 0 heterocycles. The van der Waals surface area contributed by atoms with Crippen molar-refractivity contribution in [1.82, 2.24) is 0 Å². The summed E-state index contributed by atoms with van der Waals surface area (Å²) in [5.41, 5.74) is 2.70. The van der Waals surface area contributed by atoms with Crippen molar-refractivity contribution in [3.05, 3.63) is 55.0 Å². The van der Waals surface area contributed by atoms with E-state index in [9.17, 15) is 9.90 Å². The van der Waals surface area contributed by atoms with Gasteiger partial charge in [-0.2, -0.15) is 0 Å². The second-order valence-electron chi connectivity index (χ2n) is 4.63. The Hall–Kier alpha value is -0.930. The third-order valence-corrected chi connectivity index (χ3v) is 4.76. The Balaban J connectivity index is 2.85. The van der Waals surface area contributed by atoms with Gasteiger partial charge in [-0.25, -0.2) is 4.79 Å². The first kappa shape index (κ1) is 16.4. The van der Waals surface area contributed by atoms with Crippen LogP contribution in [0.25, 0.3) is 11.1 Å². The predicted octanol–water partition coefficient (Wildman–Crippen LogP) is 6.28. The van der Waals surface area contributed by atoms with Gasteiger partial charge < -0.3 is 5.11 Å². The van der Waals surface area contributed by atoms with E-state index in [1.165, 1.54) is 12.1 Å². The van der Waals surface area contributed by atoms with Gasteiger partial charge in [0.1, 0.15) is 0 Å². The lowest BCUT2D eigenvalue weighted by Gasteiger charge is -2.15. The first-order valence-electron chi connectivity index (χ1n) is 5.92. The van der Waals surface area contributed by atoms with E-state index in [1.54, 1.807) is 13.0 Å². The van der Waals surface area contributed by atoms with Gasteiger partial charge in [0.2, 0.25) is 0 Å². The molecule has 1 N–H and O–H groups in total. The molecule has 0 aliphatic heterocycles. The fourth-order valence-electron chi connectivity index (χ4n) is 2.16. The van der Waals surface area contributed by atoms with Crippen LogP contribution in [0.2, 0.25) is 20.1 Å². The number of rotatable bonds is 2. The van der Waals surface area contributed by atoms with E-state index in [0.29, 0.717) is 16.7 Å². The molecule has 0 fully saturated rings. The summed E-state index contributed by atoms with van der Waals surface area (Å²) in [6.45, 7) is 3.57. The Labute approximate surface area is 142 Å². The summed E-state index contributed by atoms with van der Waals surface area (Å²) in [5.74, 6) is -1.02. The van der Waals surface area contributed by atoms with Crippen LogP contribution in [0.5, 0.6) is 0 Å². The molecule has 0 atom stereocenters. The fraction of sp³-hybridized carbons (Fsp3) is 0.133. The number of halogens is 4. The predicted molar refractivity (Wildman–Crippen MR) is 88.4 cm³/mol. The molecule has 0 saturated carbocycles. The minimum atomic E-state index is -1.02. The maximum atomic E-state index is 11.3. The van der Waals surface area contributed by atoms with Crippen molar-refractivity contribution in [3.8, 4) is 11.1 Å². The maximum Gasteiger partial charge on any atom is 0.335 e. The van der Waals surface area contributed by atoms with Crippen LogP contribution in [0, 0.1) is 13.8 Å². The molecule has 2 aromatic carbocycles. The van der Waals surface area contributed by atoms with Gasteiger partial charge in [-0.05, 0) is 42.7 Å². The number of carboxylic acids is 1. The van der Waals surface area contributed by atoms with Gasteiger partial charge >= 0.3 is 5.97 Å². The van der Waals surface area contributed by atoms with Gasteiger partial charge in [-0.15, -0.1) is 0 Å². The highest BCUT2D eigenvalue weighted by Crippen LogP contribution is 2.44. The minimum Gasteiger partial charge on any atom is -0.478 e. The van der Waals surface area contributed by atoms with Crippen LogP contribution in [0.1, 0.15) is 21.5 Å². The molecule has 2 nitrogen and oxygen atoms in total. The van der Waals surface area contributed by atoms with E-state index in [-0.39, 0.29) is 25.7 Å². The van der Waals surface area contributed by atoms with Crippen LogP contribution in [-0.4, -0.2) is 11.1 Å². The number of hydrogen-bond donors (Lipinski definition) is 1. The highest BCUT2D eigenvalue weighted by Gasteiger charge is 2.19. The van der Waals surface area contributed by atoms with Crippen LogP contribution in [0.15, 0.2) is 18.2 Å². The second kappa shape index (κ2) is 6.05. The summed E-state index contributed by atoms with van der Waals surface area (Å²) in [5, 5.41) is 10.3. The van der Waals surface area contributed by atoms with Crippen molar-refractivity contribution in [2.75, 3.05) is 0 Å². The minimum absolute atomic E-state index is 0.179. The number of hydrogen-bond acceptors (Lipinski definition) is 1. The van der Waals surface area contributed by atoms with Crippen molar-refractivity contribution in [2.24, 2.45) is 0 Å². The normalized spacial score (nSPS) is 10.8. The molecule has 0 bridgehead atoms. The zero-order valence-corrected chi connectivity index (χ0v) is 14.1. The van der Waals surface area contributed by atoms with E-state index in [2.05, 4.69) is 0 Å². The van der Waals surface area contributed by atoms with Crippen LogP contribution in [-0.2, 0) is 0 Å². The van der Waals surface area contributed by atoms with E-state index in [1.807, 2.05) is 6.92 Å². The zero-order chi connectivity index (χ0) is 15.9. The molecule has 6 heteroatoms. The van der Waals surface area contributed by atoms with Crippen molar-refractivity contribution in [1.29, 1.82) is 0 Å². The largest absolute Gasteiger partial charge is 0.478 e. The van der Waals surface area contributed by atoms with E-state index < -0.39 is 5.97 Å². The summed E-state index contributed by atoms with van der Waals surface area (Å²) in [4.78, 5) is 11.3.